The van der Waals surface area contributed by atoms with E-state index in [2.05, 4.69) is 0 Å². The fourth-order valence-electron chi connectivity index (χ4n) is 1.37. The summed E-state index contributed by atoms with van der Waals surface area (Å²) in [5.74, 6) is -5.26. The molecule has 1 nitrogen and oxygen atoms in total. The van der Waals surface area contributed by atoms with Gasteiger partial charge in [0, 0.05) is 5.56 Å². The molecule has 0 aromatic heterocycles. The van der Waals surface area contributed by atoms with Crippen LogP contribution in [0.2, 0.25) is 0 Å². The minimum Gasteiger partial charge on any atom is -0.303 e. The third-order valence-corrected chi connectivity index (χ3v) is 2.11. The summed E-state index contributed by atoms with van der Waals surface area (Å²) in [6.07, 6.45) is -4.79. The van der Waals surface area contributed by atoms with Crippen LogP contribution < -0.4 is 5.32 Å². The standard InChI is InChI=1S/C10H9F6N/c1-2-17-9(10(14,15)16)5-3-4-6(11)8(13)7(5)12/h3-4,9,17H,2H2,1H3. The summed E-state index contributed by atoms with van der Waals surface area (Å²) in [6.45, 7) is 1.29. The Bertz CT molecular complexity index is 401. The fraction of sp³-hybridized carbons (Fsp3) is 0.400. The van der Waals surface area contributed by atoms with Crippen molar-refractivity contribution in [2.45, 2.75) is 19.1 Å². The highest BCUT2D eigenvalue weighted by Gasteiger charge is 2.42. The van der Waals surface area contributed by atoms with Crippen molar-refractivity contribution >= 4 is 0 Å². The van der Waals surface area contributed by atoms with Gasteiger partial charge in [0.1, 0.15) is 6.04 Å². The summed E-state index contributed by atoms with van der Waals surface area (Å²) in [4.78, 5) is 0. The van der Waals surface area contributed by atoms with E-state index in [4.69, 9.17) is 0 Å². The van der Waals surface area contributed by atoms with Crippen LogP contribution in [0.4, 0.5) is 26.3 Å². The van der Waals surface area contributed by atoms with Gasteiger partial charge in [0.2, 0.25) is 0 Å². The predicted molar refractivity (Wildman–Crippen MR) is 48.8 cm³/mol. The van der Waals surface area contributed by atoms with Crippen molar-refractivity contribution in [3.63, 3.8) is 0 Å². The van der Waals surface area contributed by atoms with E-state index in [1.165, 1.54) is 6.92 Å². The van der Waals surface area contributed by atoms with Crippen LogP contribution in [0.1, 0.15) is 18.5 Å². The maximum Gasteiger partial charge on any atom is 0.408 e. The smallest absolute Gasteiger partial charge is 0.303 e. The maximum atomic E-state index is 13.2. The van der Waals surface area contributed by atoms with E-state index < -0.39 is 35.2 Å². The lowest BCUT2D eigenvalue weighted by molar-refractivity contribution is -0.158. The van der Waals surface area contributed by atoms with Crippen LogP contribution in [0, 0.1) is 17.5 Å². The van der Waals surface area contributed by atoms with Crippen molar-refractivity contribution in [3.05, 3.63) is 35.1 Å². The highest BCUT2D eigenvalue weighted by Crippen LogP contribution is 2.34. The van der Waals surface area contributed by atoms with Crippen molar-refractivity contribution in [2.24, 2.45) is 0 Å². The van der Waals surface area contributed by atoms with Crippen molar-refractivity contribution in [2.75, 3.05) is 6.54 Å². The van der Waals surface area contributed by atoms with E-state index in [1.54, 1.807) is 0 Å². The molecular weight excluding hydrogens is 248 g/mol. The fourth-order valence-corrected chi connectivity index (χ4v) is 1.37. The second-order valence-corrected chi connectivity index (χ2v) is 3.30. The largest absolute Gasteiger partial charge is 0.408 e. The molecule has 0 aliphatic rings. The molecule has 0 spiro atoms. The van der Waals surface area contributed by atoms with Gasteiger partial charge in [-0.2, -0.15) is 13.2 Å². The van der Waals surface area contributed by atoms with Crippen molar-refractivity contribution in [1.29, 1.82) is 0 Å². The Morgan fingerprint density at radius 3 is 2.18 bits per heavy atom. The number of halogens is 6. The second-order valence-electron chi connectivity index (χ2n) is 3.30. The van der Waals surface area contributed by atoms with E-state index in [0.29, 0.717) is 12.1 Å². The summed E-state index contributed by atoms with van der Waals surface area (Å²) in [5.41, 5.74) is -0.960. The average molecular weight is 257 g/mol. The number of rotatable bonds is 3. The van der Waals surface area contributed by atoms with Gasteiger partial charge in [-0.1, -0.05) is 13.0 Å². The van der Waals surface area contributed by atoms with Crippen LogP contribution in [0.15, 0.2) is 12.1 Å². The second kappa shape index (κ2) is 4.95. The van der Waals surface area contributed by atoms with Crippen LogP contribution in [0.3, 0.4) is 0 Å². The van der Waals surface area contributed by atoms with Gasteiger partial charge < -0.3 is 5.32 Å². The molecule has 0 saturated heterocycles. The molecule has 0 heterocycles. The molecule has 1 unspecified atom stereocenters. The molecule has 17 heavy (non-hydrogen) atoms. The number of benzene rings is 1. The van der Waals surface area contributed by atoms with Crippen molar-refractivity contribution in [1.82, 2.24) is 5.32 Å². The van der Waals surface area contributed by atoms with Crippen LogP contribution in [-0.4, -0.2) is 12.7 Å². The Labute approximate surface area is 93.4 Å². The SMILES string of the molecule is CCNC(c1ccc(F)c(F)c1F)C(F)(F)F. The first kappa shape index (κ1) is 13.8. The molecule has 96 valence electrons. The summed E-state index contributed by atoms with van der Waals surface area (Å²) in [6, 6.07) is -1.32. The van der Waals surface area contributed by atoms with E-state index >= 15 is 0 Å². The topological polar surface area (TPSA) is 12.0 Å². The summed E-state index contributed by atoms with van der Waals surface area (Å²) >= 11 is 0. The van der Waals surface area contributed by atoms with Gasteiger partial charge >= 0.3 is 6.18 Å². The third-order valence-electron chi connectivity index (χ3n) is 2.11. The Kier molecular flexibility index (Phi) is 4.03. The highest BCUT2D eigenvalue weighted by molar-refractivity contribution is 5.24. The molecule has 0 radical (unpaired) electrons. The van der Waals surface area contributed by atoms with E-state index in [-0.39, 0.29) is 6.54 Å². The zero-order chi connectivity index (χ0) is 13.2. The molecule has 0 amide bonds. The van der Waals surface area contributed by atoms with E-state index in [0.717, 1.165) is 0 Å². The number of alkyl halides is 3. The van der Waals surface area contributed by atoms with Gasteiger partial charge in [-0.25, -0.2) is 13.2 Å². The minimum absolute atomic E-state index is 0.0946. The normalized spacial score (nSPS) is 13.8. The Hall–Kier alpha value is -1.24. The Morgan fingerprint density at radius 1 is 1.12 bits per heavy atom. The molecule has 1 atom stereocenters. The quantitative estimate of drug-likeness (QED) is 0.647. The lowest BCUT2D eigenvalue weighted by Crippen LogP contribution is -2.35. The number of hydrogen-bond donors (Lipinski definition) is 1. The number of hydrogen-bond acceptors (Lipinski definition) is 1. The number of nitrogens with one attached hydrogen (secondary N) is 1. The Morgan fingerprint density at radius 2 is 1.71 bits per heavy atom. The minimum atomic E-state index is -4.79. The first-order valence-electron chi connectivity index (χ1n) is 4.72. The van der Waals surface area contributed by atoms with Crippen LogP contribution in [0.5, 0.6) is 0 Å². The summed E-state index contributed by atoms with van der Waals surface area (Å²) in [5, 5.41) is 1.97. The molecule has 7 heteroatoms. The van der Waals surface area contributed by atoms with Gasteiger partial charge in [0.25, 0.3) is 0 Å². The molecule has 0 saturated carbocycles. The predicted octanol–water partition coefficient (Wildman–Crippen LogP) is 3.32. The molecule has 0 fully saturated rings. The highest BCUT2D eigenvalue weighted by atomic mass is 19.4. The molecule has 0 aliphatic heterocycles. The van der Waals surface area contributed by atoms with Crippen LogP contribution in [0.25, 0.3) is 0 Å². The van der Waals surface area contributed by atoms with Gasteiger partial charge in [-0.05, 0) is 12.6 Å². The first-order valence-corrected chi connectivity index (χ1v) is 4.72. The van der Waals surface area contributed by atoms with Crippen molar-refractivity contribution < 1.29 is 26.3 Å². The van der Waals surface area contributed by atoms with Gasteiger partial charge in [0.15, 0.2) is 17.5 Å². The third kappa shape index (κ3) is 2.91. The molecule has 0 aliphatic carbocycles. The first-order chi connectivity index (χ1) is 7.79. The van der Waals surface area contributed by atoms with Gasteiger partial charge in [0.05, 0.1) is 0 Å². The average Bonchev–Trinajstić information content (AvgIpc) is 2.22. The van der Waals surface area contributed by atoms with Crippen LogP contribution >= 0.6 is 0 Å². The van der Waals surface area contributed by atoms with Gasteiger partial charge in [-0.3, -0.25) is 0 Å². The summed E-state index contributed by atoms with van der Waals surface area (Å²) in [7, 11) is 0. The maximum absolute atomic E-state index is 13.2. The summed E-state index contributed by atoms with van der Waals surface area (Å²) < 4.78 is 76.3. The van der Waals surface area contributed by atoms with Crippen molar-refractivity contribution in [3.8, 4) is 0 Å². The lowest BCUT2D eigenvalue weighted by atomic mass is 10.1. The zero-order valence-corrected chi connectivity index (χ0v) is 8.71. The Balaban J connectivity index is 3.25. The molecule has 0 bridgehead atoms. The molecule has 1 rings (SSSR count). The van der Waals surface area contributed by atoms with Crippen LogP contribution in [-0.2, 0) is 0 Å². The molecule has 1 aromatic carbocycles. The molecule has 1 N–H and O–H groups in total. The zero-order valence-electron chi connectivity index (χ0n) is 8.71. The van der Waals surface area contributed by atoms with Gasteiger partial charge in [-0.15, -0.1) is 0 Å². The molecular formula is C10H9F6N. The molecule has 1 aromatic rings. The lowest BCUT2D eigenvalue weighted by Gasteiger charge is -2.22. The van der Waals surface area contributed by atoms with E-state index in [1.807, 2.05) is 5.32 Å². The van der Waals surface area contributed by atoms with E-state index in [9.17, 15) is 26.3 Å². The monoisotopic (exact) mass is 257 g/mol.